The van der Waals surface area contributed by atoms with Crippen LogP contribution in [0.25, 0.3) is 0 Å². The fraction of sp³-hybridized carbons (Fsp3) is 0.368. The van der Waals surface area contributed by atoms with Crippen LogP contribution in [0.4, 0.5) is 4.39 Å². The van der Waals surface area contributed by atoms with Gasteiger partial charge in [0.15, 0.2) is 0 Å². The maximum Gasteiger partial charge on any atom is 0.243 e. The molecule has 2 rings (SSSR count). The van der Waals surface area contributed by atoms with Gasteiger partial charge in [0.1, 0.15) is 5.82 Å². The van der Waals surface area contributed by atoms with Crippen molar-refractivity contribution in [1.29, 1.82) is 0 Å². The van der Waals surface area contributed by atoms with E-state index in [-0.39, 0.29) is 11.9 Å². The summed E-state index contributed by atoms with van der Waals surface area (Å²) in [7, 11) is -3.43. The summed E-state index contributed by atoms with van der Waals surface area (Å²) in [4.78, 5) is 0.303. The van der Waals surface area contributed by atoms with Gasteiger partial charge in [-0.1, -0.05) is 38.1 Å². The van der Waals surface area contributed by atoms with Crippen LogP contribution in [-0.4, -0.2) is 25.8 Å². The second-order valence-corrected chi connectivity index (χ2v) is 7.83. The molecule has 0 aliphatic carbocycles. The van der Waals surface area contributed by atoms with Gasteiger partial charge in [-0.2, -0.15) is 4.31 Å². The molecule has 25 heavy (non-hydrogen) atoms. The third-order valence-electron chi connectivity index (χ3n) is 4.22. The lowest BCUT2D eigenvalue weighted by molar-refractivity contribution is 0.445. The normalized spacial score (nSPS) is 13.2. The van der Waals surface area contributed by atoms with Crippen LogP contribution in [0, 0.1) is 5.82 Å². The molecule has 0 saturated heterocycles. The van der Waals surface area contributed by atoms with E-state index in [0.717, 1.165) is 11.1 Å². The maximum absolute atomic E-state index is 13.2. The molecule has 2 aromatic rings. The van der Waals surface area contributed by atoms with Crippen LogP contribution < -0.4 is 5.32 Å². The second-order valence-electron chi connectivity index (χ2n) is 5.89. The third kappa shape index (κ3) is 4.87. The first-order valence-electron chi connectivity index (χ1n) is 8.46. The standard InChI is InChI=1S/C19H25FN2O2S/c1-4-22(5-2)25(23,24)19-11-9-17(10-12-19)15(3)21-14-16-7-6-8-18(20)13-16/h6-13,15,21H,4-5,14H2,1-3H3. The van der Waals surface area contributed by atoms with E-state index in [1.807, 2.05) is 39.0 Å². The van der Waals surface area contributed by atoms with E-state index in [1.54, 1.807) is 18.2 Å². The zero-order chi connectivity index (χ0) is 18.4. The van der Waals surface area contributed by atoms with Crippen LogP contribution in [-0.2, 0) is 16.6 Å². The molecule has 0 fully saturated rings. The van der Waals surface area contributed by atoms with Crippen molar-refractivity contribution in [3.63, 3.8) is 0 Å². The molecule has 6 heteroatoms. The van der Waals surface area contributed by atoms with Crippen molar-refractivity contribution in [3.8, 4) is 0 Å². The minimum atomic E-state index is -3.43. The highest BCUT2D eigenvalue weighted by Gasteiger charge is 2.21. The largest absolute Gasteiger partial charge is 0.306 e. The highest BCUT2D eigenvalue weighted by Crippen LogP contribution is 2.19. The lowest BCUT2D eigenvalue weighted by Crippen LogP contribution is -2.30. The molecule has 0 aromatic heterocycles. The first-order valence-corrected chi connectivity index (χ1v) is 9.90. The molecular weight excluding hydrogens is 339 g/mol. The molecule has 136 valence electrons. The number of rotatable bonds is 8. The summed E-state index contributed by atoms with van der Waals surface area (Å²) in [6, 6.07) is 13.4. The Morgan fingerprint density at radius 1 is 1.08 bits per heavy atom. The molecule has 0 amide bonds. The average molecular weight is 364 g/mol. The van der Waals surface area contributed by atoms with Crippen molar-refractivity contribution in [2.24, 2.45) is 0 Å². The van der Waals surface area contributed by atoms with Crippen LogP contribution in [0.1, 0.15) is 37.9 Å². The SMILES string of the molecule is CCN(CC)S(=O)(=O)c1ccc(C(C)NCc2cccc(F)c2)cc1. The minimum absolute atomic E-state index is 0.0217. The minimum Gasteiger partial charge on any atom is -0.306 e. The Balaban J connectivity index is 2.06. The molecular formula is C19H25FN2O2S. The number of sulfonamides is 1. The average Bonchev–Trinajstić information content (AvgIpc) is 2.60. The molecule has 0 heterocycles. The van der Waals surface area contributed by atoms with Crippen LogP contribution >= 0.6 is 0 Å². The van der Waals surface area contributed by atoms with E-state index in [0.29, 0.717) is 24.5 Å². The predicted octanol–water partition coefficient (Wildman–Crippen LogP) is 3.71. The van der Waals surface area contributed by atoms with E-state index in [9.17, 15) is 12.8 Å². The number of benzene rings is 2. The Kier molecular flexibility index (Phi) is 6.70. The van der Waals surface area contributed by atoms with Gasteiger partial charge in [-0.05, 0) is 42.3 Å². The second kappa shape index (κ2) is 8.56. The molecule has 0 saturated carbocycles. The molecule has 0 aliphatic heterocycles. The van der Waals surface area contributed by atoms with E-state index < -0.39 is 10.0 Å². The van der Waals surface area contributed by atoms with Crippen molar-refractivity contribution >= 4 is 10.0 Å². The Bertz CT molecular complexity index is 787. The summed E-state index contributed by atoms with van der Waals surface area (Å²) < 4.78 is 39.6. The fourth-order valence-corrected chi connectivity index (χ4v) is 4.13. The lowest BCUT2D eigenvalue weighted by atomic mass is 10.1. The number of hydrogen-bond acceptors (Lipinski definition) is 3. The van der Waals surface area contributed by atoms with Crippen molar-refractivity contribution in [3.05, 3.63) is 65.5 Å². The van der Waals surface area contributed by atoms with Crippen LogP contribution in [0.15, 0.2) is 53.4 Å². The predicted molar refractivity (Wildman–Crippen MR) is 98.2 cm³/mol. The zero-order valence-electron chi connectivity index (χ0n) is 14.9. The van der Waals surface area contributed by atoms with Gasteiger partial charge >= 0.3 is 0 Å². The molecule has 0 bridgehead atoms. The quantitative estimate of drug-likeness (QED) is 0.777. The van der Waals surface area contributed by atoms with Gasteiger partial charge in [0.25, 0.3) is 0 Å². The molecule has 0 spiro atoms. The smallest absolute Gasteiger partial charge is 0.243 e. The van der Waals surface area contributed by atoms with Gasteiger partial charge in [0, 0.05) is 25.7 Å². The number of halogens is 1. The Morgan fingerprint density at radius 3 is 2.28 bits per heavy atom. The van der Waals surface area contributed by atoms with Crippen LogP contribution in [0.5, 0.6) is 0 Å². The monoisotopic (exact) mass is 364 g/mol. The van der Waals surface area contributed by atoms with Gasteiger partial charge in [-0.15, -0.1) is 0 Å². The van der Waals surface area contributed by atoms with E-state index in [1.165, 1.54) is 16.4 Å². The Labute approximate surface area is 149 Å². The summed E-state index contributed by atoms with van der Waals surface area (Å²) in [5.41, 5.74) is 1.85. The van der Waals surface area contributed by atoms with Gasteiger partial charge < -0.3 is 5.32 Å². The van der Waals surface area contributed by atoms with E-state index in [2.05, 4.69) is 5.32 Å². The number of nitrogens with one attached hydrogen (secondary N) is 1. The van der Waals surface area contributed by atoms with Gasteiger partial charge in [-0.3, -0.25) is 0 Å². The Morgan fingerprint density at radius 2 is 1.72 bits per heavy atom. The van der Waals surface area contributed by atoms with E-state index in [4.69, 9.17) is 0 Å². The first kappa shape index (κ1) is 19.6. The zero-order valence-corrected chi connectivity index (χ0v) is 15.7. The van der Waals surface area contributed by atoms with Gasteiger partial charge in [0.05, 0.1) is 4.90 Å². The van der Waals surface area contributed by atoms with Crippen LogP contribution in [0.2, 0.25) is 0 Å². The topological polar surface area (TPSA) is 49.4 Å². The summed E-state index contributed by atoms with van der Waals surface area (Å²) in [6.07, 6.45) is 0. The number of hydrogen-bond donors (Lipinski definition) is 1. The molecule has 0 radical (unpaired) electrons. The van der Waals surface area contributed by atoms with Gasteiger partial charge in [0.2, 0.25) is 10.0 Å². The highest BCUT2D eigenvalue weighted by molar-refractivity contribution is 7.89. The molecule has 2 aromatic carbocycles. The summed E-state index contributed by atoms with van der Waals surface area (Å²) in [5, 5.41) is 3.32. The van der Waals surface area contributed by atoms with Crippen molar-refractivity contribution in [1.82, 2.24) is 9.62 Å². The third-order valence-corrected chi connectivity index (χ3v) is 6.29. The summed E-state index contributed by atoms with van der Waals surface area (Å²) in [6.45, 7) is 7.09. The molecule has 4 nitrogen and oxygen atoms in total. The van der Waals surface area contributed by atoms with E-state index >= 15 is 0 Å². The number of nitrogens with zero attached hydrogens (tertiary/aromatic N) is 1. The molecule has 0 aliphatic rings. The summed E-state index contributed by atoms with van der Waals surface area (Å²) >= 11 is 0. The Hall–Kier alpha value is -1.76. The first-order chi connectivity index (χ1) is 11.9. The van der Waals surface area contributed by atoms with Crippen molar-refractivity contribution in [2.75, 3.05) is 13.1 Å². The van der Waals surface area contributed by atoms with Gasteiger partial charge in [-0.25, -0.2) is 12.8 Å². The maximum atomic E-state index is 13.2. The lowest BCUT2D eigenvalue weighted by Gasteiger charge is -2.19. The summed E-state index contributed by atoms with van der Waals surface area (Å²) in [5.74, 6) is -0.252. The molecule has 1 N–H and O–H groups in total. The molecule has 1 atom stereocenters. The fourth-order valence-electron chi connectivity index (χ4n) is 2.68. The molecule has 1 unspecified atom stereocenters. The highest BCUT2D eigenvalue weighted by atomic mass is 32.2. The van der Waals surface area contributed by atoms with Crippen molar-refractivity contribution in [2.45, 2.75) is 38.3 Å². The van der Waals surface area contributed by atoms with Crippen molar-refractivity contribution < 1.29 is 12.8 Å². The van der Waals surface area contributed by atoms with Crippen LogP contribution in [0.3, 0.4) is 0 Å².